The van der Waals surface area contributed by atoms with E-state index in [2.05, 4.69) is 10.3 Å². The summed E-state index contributed by atoms with van der Waals surface area (Å²) in [6.45, 7) is -0.436. The van der Waals surface area contributed by atoms with E-state index in [0.717, 1.165) is 28.0 Å². The number of aromatic nitrogens is 1. The number of nitrogens with zero attached hydrogens (tertiary/aromatic N) is 1. The Hall–Kier alpha value is -4.31. The van der Waals surface area contributed by atoms with Crippen molar-refractivity contribution in [3.8, 4) is 5.75 Å². The SMILES string of the molecule is NS(=O)(=O)c1ccc(NC(=O)COc2ccccc2C2c3sc(=O)[nH]c3SC3C(=O)N(c4ccc(F)cc4)C(=O)C32)cc1. The number of nitrogens with one attached hydrogen (secondary N) is 2. The Morgan fingerprint density at radius 1 is 1.00 bits per heavy atom. The molecule has 11 nitrogen and oxygen atoms in total. The van der Waals surface area contributed by atoms with Crippen LogP contribution in [0.5, 0.6) is 5.75 Å². The maximum absolute atomic E-state index is 13.9. The molecule has 0 bridgehead atoms. The minimum atomic E-state index is -3.89. The number of carbonyl (C=O) groups excluding carboxylic acids is 3. The normalized spacial score (nSPS) is 19.6. The fourth-order valence-electron chi connectivity index (χ4n) is 5.13. The molecule has 1 aromatic heterocycles. The molecule has 0 aliphatic carbocycles. The van der Waals surface area contributed by atoms with Crippen molar-refractivity contribution < 1.29 is 31.9 Å². The lowest BCUT2D eigenvalue weighted by molar-refractivity contribution is -0.122. The Bertz CT molecular complexity index is 1920. The van der Waals surface area contributed by atoms with E-state index in [1.165, 1.54) is 48.5 Å². The number of anilines is 2. The molecule has 3 amide bonds. The fourth-order valence-corrected chi connectivity index (χ4v) is 8.16. The third-order valence-corrected chi connectivity index (χ3v) is 10.3. The molecule has 6 rings (SSSR count). The second-order valence-corrected chi connectivity index (χ2v) is 13.4. The summed E-state index contributed by atoms with van der Waals surface area (Å²) in [5.74, 6) is -3.43. The first kappa shape index (κ1) is 28.8. The van der Waals surface area contributed by atoms with Crippen LogP contribution in [0.4, 0.5) is 15.8 Å². The molecule has 3 aromatic carbocycles. The highest BCUT2D eigenvalue weighted by atomic mass is 32.2. The van der Waals surface area contributed by atoms with E-state index in [4.69, 9.17) is 9.88 Å². The first-order valence-corrected chi connectivity index (χ1v) is 15.9. The number of amides is 3. The van der Waals surface area contributed by atoms with Crippen LogP contribution >= 0.6 is 23.1 Å². The Labute approximate surface area is 251 Å². The molecule has 4 N–H and O–H groups in total. The number of aromatic amines is 1. The quantitative estimate of drug-likeness (QED) is 0.259. The number of thioether (sulfide) groups is 1. The minimum absolute atomic E-state index is 0.107. The summed E-state index contributed by atoms with van der Waals surface area (Å²) in [6, 6.07) is 17.1. The van der Waals surface area contributed by atoms with Crippen molar-refractivity contribution in [3.63, 3.8) is 0 Å². The summed E-state index contributed by atoms with van der Waals surface area (Å²) in [7, 11) is -3.89. The third-order valence-electron chi connectivity index (χ3n) is 6.99. The lowest BCUT2D eigenvalue weighted by atomic mass is 9.82. The maximum Gasteiger partial charge on any atom is 0.305 e. The molecule has 3 atom stereocenters. The van der Waals surface area contributed by atoms with Crippen molar-refractivity contribution in [2.75, 3.05) is 16.8 Å². The van der Waals surface area contributed by atoms with Gasteiger partial charge in [-0.15, -0.1) is 0 Å². The van der Waals surface area contributed by atoms with Gasteiger partial charge in [0.05, 0.1) is 21.5 Å². The summed E-state index contributed by atoms with van der Waals surface area (Å²) in [5.41, 5.74) is 1.06. The first-order valence-electron chi connectivity index (χ1n) is 12.7. The number of halogens is 1. The van der Waals surface area contributed by atoms with Crippen LogP contribution in [0.1, 0.15) is 16.4 Å². The Morgan fingerprint density at radius 3 is 2.40 bits per heavy atom. The number of para-hydroxylation sites is 1. The predicted octanol–water partition coefficient (Wildman–Crippen LogP) is 3.04. The van der Waals surface area contributed by atoms with E-state index in [1.807, 2.05) is 0 Å². The van der Waals surface area contributed by atoms with Crippen molar-refractivity contribution in [2.45, 2.75) is 21.1 Å². The lowest BCUT2D eigenvalue weighted by Gasteiger charge is -2.30. The largest absolute Gasteiger partial charge is 0.483 e. The number of nitrogens with two attached hydrogens (primary N) is 1. The van der Waals surface area contributed by atoms with Gasteiger partial charge in [-0.1, -0.05) is 41.3 Å². The summed E-state index contributed by atoms with van der Waals surface area (Å²) in [5, 5.41) is 7.32. The first-order chi connectivity index (χ1) is 20.5. The van der Waals surface area contributed by atoms with Crippen LogP contribution in [-0.2, 0) is 24.4 Å². The van der Waals surface area contributed by atoms with E-state index in [9.17, 15) is 32.0 Å². The van der Waals surface area contributed by atoms with Gasteiger partial charge < -0.3 is 15.0 Å². The van der Waals surface area contributed by atoms with Gasteiger partial charge in [-0.3, -0.25) is 19.2 Å². The third kappa shape index (κ3) is 5.47. The molecule has 4 aromatic rings. The zero-order valence-electron chi connectivity index (χ0n) is 21.9. The van der Waals surface area contributed by atoms with Gasteiger partial charge in [0, 0.05) is 22.0 Å². The topological polar surface area (TPSA) is 169 Å². The number of fused-ring (bicyclic) bond motifs is 2. The smallest absolute Gasteiger partial charge is 0.305 e. The molecule has 1 saturated heterocycles. The highest BCUT2D eigenvalue weighted by Crippen LogP contribution is 2.54. The second-order valence-electron chi connectivity index (χ2n) is 9.68. The van der Waals surface area contributed by atoms with Gasteiger partial charge in [-0.2, -0.15) is 0 Å². The molecule has 3 heterocycles. The predicted molar refractivity (Wildman–Crippen MR) is 157 cm³/mol. The van der Waals surface area contributed by atoms with Gasteiger partial charge in [0.25, 0.3) is 5.91 Å². The van der Waals surface area contributed by atoms with Crippen LogP contribution < -0.4 is 25.0 Å². The number of thiazole rings is 1. The van der Waals surface area contributed by atoms with Crippen LogP contribution in [0, 0.1) is 11.7 Å². The van der Waals surface area contributed by atoms with E-state index < -0.39 is 57.3 Å². The zero-order valence-corrected chi connectivity index (χ0v) is 24.3. The minimum Gasteiger partial charge on any atom is -0.483 e. The number of primary sulfonamides is 1. The van der Waals surface area contributed by atoms with Crippen molar-refractivity contribution in [1.29, 1.82) is 0 Å². The Kier molecular flexibility index (Phi) is 7.41. The van der Waals surface area contributed by atoms with Crippen molar-refractivity contribution in [1.82, 2.24) is 4.98 Å². The van der Waals surface area contributed by atoms with Gasteiger partial charge in [0.2, 0.25) is 21.8 Å². The van der Waals surface area contributed by atoms with E-state index in [1.54, 1.807) is 24.3 Å². The van der Waals surface area contributed by atoms with Crippen LogP contribution in [0.3, 0.4) is 0 Å². The Morgan fingerprint density at radius 2 is 1.70 bits per heavy atom. The van der Waals surface area contributed by atoms with Gasteiger partial charge >= 0.3 is 4.87 Å². The number of carbonyl (C=O) groups is 3. The summed E-state index contributed by atoms with van der Waals surface area (Å²) in [4.78, 5) is 56.4. The molecule has 2 aliphatic heterocycles. The summed E-state index contributed by atoms with van der Waals surface area (Å²) in [6.07, 6.45) is 0. The Balaban J connectivity index is 1.29. The average Bonchev–Trinajstić information content (AvgIpc) is 3.46. The average molecular weight is 641 g/mol. The molecule has 3 unspecified atom stereocenters. The maximum atomic E-state index is 13.9. The van der Waals surface area contributed by atoms with Gasteiger partial charge in [0.1, 0.15) is 16.8 Å². The second kappa shape index (κ2) is 11.1. The van der Waals surface area contributed by atoms with Gasteiger partial charge in [-0.25, -0.2) is 22.8 Å². The summed E-state index contributed by atoms with van der Waals surface area (Å²) < 4.78 is 42.4. The number of benzene rings is 3. The van der Waals surface area contributed by atoms with Crippen molar-refractivity contribution in [3.05, 3.63) is 98.7 Å². The van der Waals surface area contributed by atoms with Crippen LogP contribution in [0.15, 0.2) is 87.5 Å². The van der Waals surface area contributed by atoms with Crippen LogP contribution in [-0.4, -0.2) is 43.0 Å². The van der Waals surface area contributed by atoms with E-state index >= 15 is 0 Å². The van der Waals surface area contributed by atoms with E-state index in [0.29, 0.717) is 21.2 Å². The standard InChI is InChI=1S/C28H21FN4O7S3/c29-14-5-9-16(10-6-14)33-26(35)22-21(23-25(32-28(37)42-23)41-24(22)27(33)36)18-3-1-2-4-19(18)40-13-20(34)31-15-7-11-17(12-8-15)43(30,38)39/h1-12,21-22,24H,13H2,(H,31,34)(H,32,37)(H2,30,38,39). The van der Waals surface area contributed by atoms with E-state index in [-0.39, 0.29) is 21.2 Å². The molecule has 0 spiro atoms. The van der Waals surface area contributed by atoms with Crippen molar-refractivity contribution in [2.24, 2.45) is 11.1 Å². The lowest BCUT2D eigenvalue weighted by Crippen LogP contribution is -2.32. The molecule has 2 aliphatic rings. The number of imide groups is 1. The fraction of sp³-hybridized carbons (Fsp3) is 0.143. The molecule has 0 radical (unpaired) electrons. The molecule has 0 saturated carbocycles. The number of ether oxygens (including phenoxy) is 1. The molecule has 43 heavy (non-hydrogen) atoms. The summed E-state index contributed by atoms with van der Waals surface area (Å²) >= 11 is 2.04. The number of hydrogen-bond donors (Lipinski definition) is 3. The number of sulfonamides is 1. The highest BCUT2D eigenvalue weighted by Gasteiger charge is 2.56. The number of hydrogen-bond acceptors (Lipinski definition) is 9. The number of H-pyrrole nitrogens is 1. The molecule has 220 valence electrons. The highest BCUT2D eigenvalue weighted by molar-refractivity contribution is 8.00. The zero-order chi connectivity index (χ0) is 30.5. The molecular weight excluding hydrogens is 620 g/mol. The molecular formula is C28H21FN4O7S3. The van der Waals surface area contributed by atoms with Crippen LogP contribution in [0.25, 0.3) is 0 Å². The van der Waals surface area contributed by atoms with Gasteiger partial charge in [-0.05, 0) is 54.6 Å². The van der Waals surface area contributed by atoms with Gasteiger partial charge in [0.15, 0.2) is 6.61 Å². The molecule has 1 fully saturated rings. The van der Waals surface area contributed by atoms with Crippen molar-refractivity contribution >= 4 is 62.2 Å². The molecule has 15 heteroatoms. The number of rotatable bonds is 7. The monoisotopic (exact) mass is 640 g/mol. The van der Waals surface area contributed by atoms with Crippen LogP contribution in [0.2, 0.25) is 0 Å².